The van der Waals surface area contributed by atoms with Gasteiger partial charge in [0.1, 0.15) is 6.04 Å². The quantitative estimate of drug-likeness (QED) is 0.654. The van der Waals surface area contributed by atoms with Crippen LogP contribution in [0.4, 0.5) is 0 Å². The molecule has 2 unspecified atom stereocenters. The van der Waals surface area contributed by atoms with E-state index < -0.39 is 6.04 Å². The summed E-state index contributed by atoms with van der Waals surface area (Å²) in [5, 5.41) is 9.48. The maximum absolute atomic E-state index is 13.0. The Labute approximate surface area is 181 Å². The molecular formula is C24H26N4O3. The third-order valence-corrected chi connectivity index (χ3v) is 6.50. The van der Waals surface area contributed by atoms with Crippen LogP contribution in [-0.4, -0.2) is 41.8 Å². The lowest BCUT2D eigenvalue weighted by atomic mass is 9.99. The molecule has 3 amide bonds. The van der Waals surface area contributed by atoms with Gasteiger partial charge in [-0.3, -0.25) is 19.7 Å². The number of carbonyl (C=O) groups is 3. The second-order valence-electron chi connectivity index (χ2n) is 8.48. The molecule has 31 heavy (non-hydrogen) atoms. The van der Waals surface area contributed by atoms with E-state index >= 15 is 0 Å². The summed E-state index contributed by atoms with van der Waals surface area (Å²) in [5.41, 5.74) is 5.32. The molecule has 0 saturated carbocycles. The number of imide groups is 1. The second-order valence-corrected chi connectivity index (χ2v) is 8.48. The summed E-state index contributed by atoms with van der Waals surface area (Å²) >= 11 is 0. The van der Waals surface area contributed by atoms with Crippen molar-refractivity contribution in [3.8, 4) is 0 Å². The predicted octanol–water partition coefficient (Wildman–Crippen LogP) is 1.42. The number of rotatable bonds is 4. The average Bonchev–Trinajstić information content (AvgIpc) is 2.95. The van der Waals surface area contributed by atoms with Crippen molar-refractivity contribution in [3.05, 3.63) is 70.3 Å². The van der Waals surface area contributed by atoms with Crippen LogP contribution in [0, 0.1) is 0 Å². The minimum atomic E-state index is -0.576. The van der Waals surface area contributed by atoms with E-state index in [0.29, 0.717) is 25.1 Å². The van der Waals surface area contributed by atoms with Gasteiger partial charge in [-0.25, -0.2) is 0 Å². The largest absolute Gasteiger partial charge is 0.322 e. The van der Waals surface area contributed by atoms with Crippen LogP contribution in [0.15, 0.2) is 42.5 Å². The Hall–Kier alpha value is -3.03. The van der Waals surface area contributed by atoms with Crippen molar-refractivity contribution in [3.63, 3.8) is 0 Å². The number of fused-ring (bicyclic) bond motifs is 2. The Kier molecular flexibility index (Phi) is 5.29. The zero-order valence-electron chi connectivity index (χ0n) is 17.3. The molecule has 0 radical (unpaired) electrons. The monoisotopic (exact) mass is 418 g/mol. The highest BCUT2D eigenvalue weighted by Crippen LogP contribution is 2.28. The molecule has 0 aliphatic carbocycles. The van der Waals surface area contributed by atoms with Gasteiger partial charge in [0.05, 0.1) is 0 Å². The summed E-state index contributed by atoms with van der Waals surface area (Å²) in [5.74, 6) is -0.778. The Morgan fingerprint density at radius 3 is 2.77 bits per heavy atom. The summed E-state index contributed by atoms with van der Waals surface area (Å²) in [6, 6.07) is 14.1. The molecule has 1 saturated heterocycles. The zero-order chi connectivity index (χ0) is 21.4. The number of amides is 3. The van der Waals surface area contributed by atoms with Gasteiger partial charge in [-0.1, -0.05) is 36.4 Å². The maximum Gasteiger partial charge on any atom is 0.255 e. The molecule has 2 atom stereocenters. The van der Waals surface area contributed by atoms with Gasteiger partial charge in [0.2, 0.25) is 11.8 Å². The minimum Gasteiger partial charge on any atom is -0.322 e. The minimum absolute atomic E-state index is 0.132. The van der Waals surface area contributed by atoms with Gasteiger partial charge in [0.25, 0.3) is 5.91 Å². The first-order chi connectivity index (χ1) is 15.1. The molecule has 160 valence electrons. The van der Waals surface area contributed by atoms with E-state index in [1.165, 1.54) is 11.1 Å². The number of nitrogens with one attached hydrogen (secondary N) is 3. The third-order valence-electron chi connectivity index (χ3n) is 6.50. The van der Waals surface area contributed by atoms with Gasteiger partial charge in [-0.2, -0.15) is 0 Å². The van der Waals surface area contributed by atoms with E-state index in [1.54, 1.807) is 4.90 Å². The van der Waals surface area contributed by atoms with E-state index in [-0.39, 0.29) is 30.2 Å². The number of carbonyl (C=O) groups excluding carboxylic acids is 3. The average molecular weight is 418 g/mol. The first kappa shape index (κ1) is 19.9. The van der Waals surface area contributed by atoms with Crippen LogP contribution in [-0.2, 0) is 29.1 Å². The normalized spacial score (nSPS) is 23.2. The molecule has 3 N–H and O–H groups in total. The van der Waals surface area contributed by atoms with Crippen molar-refractivity contribution in [2.75, 3.05) is 13.1 Å². The summed E-state index contributed by atoms with van der Waals surface area (Å²) in [6.07, 6.45) is 1.67. The molecule has 1 fully saturated rings. The van der Waals surface area contributed by atoms with Crippen molar-refractivity contribution in [2.45, 2.75) is 44.4 Å². The fourth-order valence-corrected chi connectivity index (χ4v) is 4.82. The van der Waals surface area contributed by atoms with Crippen LogP contribution in [0.1, 0.15) is 51.5 Å². The lowest BCUT2D eigenvalue weighted by Crippen LogP contribution is -2.52. The standard InChI is InChI=1S/C24H26N4O3/c29-22-8-7-21(23(30)27-22)28-14-17-6-5-15(11-19(17)24(28)31)12-26-20-13-25-10-9-16-3-1-2-4-18(16)20/h1-6,11,20-21,25-26H,7-10,12-14H2,(H,27,29,30). The van der Waals surface area contributed by atoms with Crippen LogP contribution in [0.3, 0.4) is 0 Å². The molecule has 2 aromatic carbocycles. The zero-order valence-corrected chi connectivity index (χ0v) is 17.3. The molecule has 0 spiro atoms. The van der Waals surface area contributed by atoms with E-state index in [0.717, 1.165) is 30.6 Å². The van der Waals surface area contributed by atoms with Crippen molar-refractivity contribution < 1.29 is 14.4 Å². The molecule has 7 heteroatoms. The molecule has 2 aromatic rings. The second kappa shape index (κ2) is 8.24. The number of hydrogen-bond acceptors (Lipinski definition) is 5. The molecule has 5 rings (SSSR count). The van der Waals surface area contributed by atoms with Gasteiger partial charge in [-0.05, 0) is 47.7 Å². The third kappa shape index (κ3) is 3.86. The highest BCUT2D eigenvalue weighted by Gasteiger charge is 2.39. The number of piperidine rings is 1. The van der Waals surface area contributed by atoms with Crippen LogP contribution >= 0.6 is 0 Å². The first-order valence-corrected chi connectivity index (χ1v) is 10.9. The number of nitrogens with zero attached hydrogens (tertiary/aromatic N) is 1. The molecule has 3 aliphatic heterocycles. The van der Waals surface area contributed by atoms with Crippen molar-refractivity contribution in [1.82, 2.24) is 20.9 Å². The van der Waals surface area contributed by atoms with Crippen LogP contribution in [0.5, 0.6) is 0 Å². The van der Waals surface area contributed by atoms with Crippen LogP contribution in [0.2, 0.25) is 0 Å². The van der Waals surface area contributed by atoms with Crippen LogP contribution < -0.4 is 16.0 Å². The van der Waals surface area contributed by atoms with Gasteiger partial charge < -0.3 is 15.5 Å². The summed E-state index contributed by atoms with van der Waals surface area (Å²) in [6.45, 7) is 2.90. The van der Waals surface area contributed by atoms with E-state index in [9.17, 15) is 14.4 Å². The highest BCUT2D eigenvalue weighted by molar-refractivity contribution is 6.05. The smallest absolute Gasteiger partial charge is 0.255 e. The SMILES string of the molecule is O=C1CCC(N2Cc3ccc(CNC4CNCCc5ccccc54)cc3C2=O)C(=O)N1. The predicted molar refractivity (Wildman–Crippen MR) is 115 cm³/mol. The Bertz CT molecular complexity index is 1050. The molecule has 3 aliphatic rings. The molecule has 0 aromatic heterocycles. The van der Waals surface area contributed by atoms with Crippen molar-refractivity contribution in [1.29, 1.82) is 0 Å². The van der Waals surface area contributed by atoms with E-state index in [4.69, 9.17) is 0 Å². The summed E-state index contributed by atoms with van der Waals surface area (Å²) < 4.78 is 0. The Morgan fingerprint density at radius 1 is 1.03 bits per heavy atom. The number of hydrogen-bond donors (Lipinski definition) is 3. The molecule has 3 heterocycles. The summed E-state index contributed by atoms with van der Waals surface area (Å²) in [7, 11) is 0. The van der Waals surface area contributed by atoms with Crippen molar-refractivity contribution in [2.24, 2.45) is 0 Å². The molecule has 0 bridgehead atoms. The highest BCUT2D eigenvalue weighted by atomic mass is 16.2. The maximum atomic E-state index is 13.0. The van der Waals surface area contributed by atoms with Gasteiger partial charge in [-0.15, -0.1) is 0 Å². The first-order valence-electron chi connectivity index (χ1n) is 10.9. The lowest BCUT2D eigenvalue weighted by Gasteiger charge is -2.29. The topological polar surface area (TPSA) is 90.5 Å². The summed E-state index contributed by atoms with van der Waals surface area (Å²) in [4.78, 5) is 38.3. The molecule has 7 nitrogen and oxygen atoms in total. The van der Waals surface area contributed by atoms with Gasteiger partial charge >= 0.3 is 0 Å². The fourth-order valence-electron chi connectivity index (χ4n) is 4.82. The van der Waals surface area contributed by atoms with Gasteiger partial charge in [0, 0.05) is 37.7 Å². The number of benzene rings is 2. The lowest BCUT2D eigenvalue weighted by molar-refractivity contribution is -0.136. The van der Waals surface area contributed by atoms with Gasteiger partial charge in [0.15, 0.2) is 0 Å². The Balaban J connectivity index is 1.29. The van der Waals surface area contributed by atoms with Crippen molar-refractivity contribution >= 4 is 17.7 Å². The van der Waals surface area contributed by atoms with E-state index in [2.05, 4.69) is 40.2 Å². The fraction of sp³-hybridized carbons (Fsp3) is 0.375. The van der Waals surface area contributed by atoms with Crippen LogP contribution in [0.25, 0.3) is 0 Å². The molecular weight excluding hydrogens is 392 g/mol. The Morgan fingerprint density at radius 2 is 1.90 bits per heavy atom. The van der Waals surface area contributed by atoms with E-state index in [1.807, 2.05) is 18.2 Å².